The van der Waals surface area contributed by atoms with Gasteiger partial charge in [0.05, 0.1) is 24.2 Å². The Bertz CT molecular complexity index is 594. The zero-order chi connectivity index (χ0) is 18.7. The number of rotatable bonds is 13. The zero-order valence-electron chi connectivity index (χ0n) is 16.2. The van der Waals surface area contributed by atoms with Gasteiger partial charge in [0, 0.05) is 0 Å². The number of aryl methyl sites for hydroxylation is 1. The van der Waals surface area contributed by atoms with Crippen molar-refractivity contribution < 1.29 is 17.9 Å². The van der Waals surface area contributed by atoms with E-state index in [4.69, 9.17) is 9.47 Å². The van der Waals surface area contributed by atoms with Crippen LogP contribution in [0.3, 0.4) is 0 Å². The minimum Gasteiger partial charge on any atom is -0.490 e. The van der Waals surface area contributed by atoms with Crippen LogP contribution in [-0.2, 0) is 16.3 Å². The molecule has 4 nitrogen and oxygen atoms in total. The molecule has 0 atom stereocenters. The van der Waals surface area contributed by atoms with Crippen LogP contribution in [0, 0.1) is 0 Å². The number of hydrogen-bond donors (Lipinski definition) is 0. The van der Waals surface area contributed by atoms with Crippen LogP contribution in [0.2, 0.25) is 0 Å². The van der Waals surface area contributed by atoms with E-state index in [1.807, 2.05) is 19.9 Å². The van der Waals surface area contributed by atoms with E-state index in [1.165, 1.54) is 5.56 Å². The number of benzene rings is 1. The van der Waals surface area contributed by atoms with E-state index >= 15 is 0 Å². The van der Waals surface area contributed by atoms with Gasteiger partial charge < -0.3 is 9.47 Å². The highest BCUT2D eigenvalue weighted by Crippen LogP contribution is 2.29. The number of ether oxygens (including phenoxy) is 2. The van der Waals surface area contributed by atoms with Crippen molar-refractivity contribution in [3.05, 3.63) is 23.8 Å². The lowest BCUT2D eigenvalue weighted by Crippen LogP contribution is -2.17. The standard InChI is InChI=1S/C20H34O4S/c1-5-23-19-14-13-18(16-20(19)24-6-2)12-10-8-7-9-11-15-25(21,22)17(3)4/h13-14,16-17H,5-12,15H2,1-4H3. The first-order valence-electron chi connectivity index (χ1n) is 9.50. The largest absolute Gasteiger partial charge is 0.490 e. The van der Waals surface area contributed by atoms with Crippen molar-refractivity contribution in [2.45, 2.75) is 71.5 Å². The first kappa shape index (κ1) is 21.8. The molecule has 0 heterocycles. The lowest BCUT2D eigenvalue weighted by molar-refractivity contribution is 0.287. The SMILES string of the molecule is CCOc1ccc(CCCCCCCS(=O)(=O)C(C)C)cc1OCC. The Morgan fingerprint density at radius 2 is 1.48 bits per heavy atom. The Morgan fingerprint density at radius 3 is 2.12 bits per heavy atom. The van der Waals surface area contributed by atoms with Crippen LogP contribution in [0.25, 0.3) is 0 Å². The molecule has 0 amide bonds. The first-order valence-corrected chi connectivity index (χ1v) is 11.2. The Balaban J connectivity index is 2.31. The minimum atomic E-state index is -2.88. The normalized spacial score (nSPS) is 11.7. The fourth-order valence-corrected chi connectivity index (χ4v) is 3.73. The van der Waals surface area contributed by atoms with Gasteiger partial charge in [0.25, 0.3) is 0 Å². The number of hydrogen-bond acceptors (Lipinski definition) is 4. The molecule has 0 radical (unpaired) electrons. The second-order valence-electron chi connectivity index (χ2n) is 6.58. The third kappa shape index (κ3) is 8.13. The predicted octanol–water partition coefficient (Wildman–Crippen LogP) is 4.80. The van der Waals surface area contributed by atoms with Crippen LogP contribution in [0.5, 0.6) is 11.5 Å². The molecule has 1 rings (SSSR count). The van der Waals surface area contributed by atoms with Crippen molar-refractivity contribution in [1.29, 1.82) is 0 Å². The monoisotopic (exact) mass is 370 g/mol. The van der Waals surface area contributed by atoms with E-state index in [0.717, 1.165) is 50.0 Å². The lowest BCUT2D eigenvalue weighted by atomic mass is 10.1. The van der Waals surface area contributed by atoms with Crippen molar-refractivity contribution in [3.8, 4) is 11.5 Å². The van der Waals surface area contributed by atoms with Gasteiger partial charge in [-0.15, -0.1) is 0 Å². The van der Waals surface area contributed by atoms with Gasteiger partial charge in [-0.2, -0.15) is 0 Å². The third-order valence-electron chi connectivity index (χ3n) is 4.22. The third-order valence-corrected chi connectivity index (χ3v) is 6.51. The van der Waals surface area contributed by atoms with E-state index < -0.39 is 9.84 Å². The Hall–Kier alpha value is -1.23. The van der Waals surface area contributed by atoms with Gasteiger partial charge in [-0.25, -0.2) is 8.42 Å². The molecule has 0 fully saturated rings. The average Bonchev–Trinajstić information content (AvgIpc) is 2.56. The summed E-state index contributed by atoms with van der Waals surface area (Å²) < 4.78 is 34.7. The molecule has 0 spiro atoms. The minimum absolute atomic E-state index is 0.258. The molecule has 0 aliphatic rings. The molecule has 0 bridgehead atoms. The topological polar surface area (TPSA) is 52.6 Å². The smallest absolute Gasteiger partial charge is 0.161 e. The van der Waals surface area contributed by atoms with Gasteiger partial charge in [-0.05, 0) is 64.7 Å². The van der Waals surface area contributed by atoms with Gasteiger partial charge in [-0.3, -0.25) is 0 Å². The summed E-state index contributed by atoms with van der Waals surface area (Å²) in [5, 5.41) is -0.258. The predicted molar refractivity (Wildman–Crippen MR) is 104 cm³/mol. The summed E-state index contributed by atoms with van der Waals surface area (Å²) in [7, 11) is -2.88. The average molecular weight is 371 g/mol. The molecule has 0 saturated heterocycles. The summed E-state index contributed by atoms with van der Waals surface area (Å²) in [4.78, 5) is 0. The van der Waals surface area contributed by atoms with Crippen LogP contribution in [0.15, 0.2) is 18.2 Å². The summed E-state index contributed by atoms with van der Waals surface area (Å²) in [5.41, 5.74) is 1.26. The fraction of sp³-hybridized carbons (Fsp3) is 0.700. The van der Waals surface area contributed by atoms with E-state index in [2.05, 4.69) is 12.1 Å². The summed E-state index contributed by atoms with van der Waals surface area (Å²) in [6, 6.07) is 6.16. The van der Waals surface area contributed by atoms with Gasteiger partial charge in [0.15, 0.2) is 21.3 Å². The van der Waals surface area contributed by atoms with Crippen LogP contribution in [0.1, 0.15) is 65.4 Å². The zero-order valence-corrected chi connectivity index (χ0v) is 17.0. The molecule has 0 N–H and O–H groups in total. The van der Waals surface area contributed by atoms with Crippen LogP contribution in [0.4, 0.5) is 0 Å². The lowest BCUT2D eigenvalue weighted by Gasteiger charge is -2.12. The first-order chi connectivity index (χ1) is 11.9. The second-order valence-corrected chi connectivity index (χ2v) is 9.26. The Morgan fingerprint density at radius 1 is 0.880 bits per heavy atom. The molecule has 1 aromatic carbocycles. The van der Waals surface area contributed by atoms with Crippen molar-refractivity contribution >= 4 is 9.84 Å². The van der Waals surface area contributed by atoms with E-state index in [9.17, 15) is 8.42 Å². The molecule has 5 heteroatoms. The summed E-state index contributed by atoms with van der Waals surface area (Å²) in [6.45, 7) is 8.71. The second kappa shape index (κ2) is 11.4. The molecule has 0 aliphatic carbocycles. The van der Waals surface area contributed by atoms with Crippen molar-refractivity contribution in [3.63, 3.8) is 0 Å². The van der Waals surface area contributed by atoms with Crippen molar-refractivity contribution in [2.24, 2.45) is 0 Å². The summed E-state index contributed by atoms with van der Waals surface area (Å²) >= 11 is 0. The molecule has 144 valence electrons. The number of sulfone groups is 1. The van der Waals surface area contributed by atoms with E-state index in [0.29, 0.717) is 19.0 Å². The molecule has 25 heavy (non-hydrogen) atoms. The van der Waals surface area contributed by atoms with Gasteiger partial charge in [0.1, 0.15) is 0 Å². The van der Waals surface area contributed by atoms with Gasteiger partial charge in [0.2, 0.25) is 0 Å². The summed E-state index contributed by atoms with van der Waals surface area (Å²) in [6.07, 6.45) is 6.09. The quantitative estimate of drug-likeness (QED) is 0.468. The maximum absolute atomic E-state index is 11.7. The molecule has 1 aromatic rings. The number of unbranched alkanes of at least 4 members (excludes halogenated alkanes) is 4. The van der Waals surface area contributed by atoms with Gasteiger partial charge in [-0.1, -0.05) is 25.3 Å². The Kier molecular flexibility index (Phi) is 9.94. The van der Waals surface area contributed by atoms with Crippen molar-refractivity contribution in [2.75, 3.05) is 19.0 Å². The fourth-order valence-electron chi connectivity index (χ4n) is 2.65. The molecule has 0 aromatic heterocycles. The van der Waals surface area contributed by atoms with Crippen LogP contribution in [-0.4, -0.2) is 32.6 Å². The molecule has 0 saturated carbocycles. The maximum Gasteiger partial charge on any atom is 0.161 e. The maximum atomic E-state index is 11.7. The highest BCUT2D eigenvalue weighted by atomic mass is 32.2. The van der Waals surface area contributed by atoms with Crippen molar-refractivity contribution in [1.82, 2.24) is 0 Å². The highest BCUT2D eigenvalue weighted by Gasteiger charge is 2.14. The van der Waals surface area contributed by atoms with Crippen LogP contribution >= 0.6 is 0 Å². The van der Waals surface area contributed by atoms with E-state index in [-0.39, 0.29) is 5.25 Å². The van der Waals surface area contributed by atoms with Gasteiger partial charge >= 0.3 is 0 Å². The summed E-state index contributed by atoms with van der Waals surface area (Å²) in [5.74, 6) is 1.95. The molecule has 0 aliphatic heterocycles. The highest BCUT2D eigenvalue weighted by molar-refractivity contribution is 7.91. The molecular formula is C20H34O4S. The van der Waals surface area contributed by atoms with Crippen LogP contribution < -0.4 is 9.47 Å². The molecular weight excluding hydrogens is 336 g/mol. The molecule has 0 unspecified atom stereocenters. The van der Waals surface area contributed by atoms with E-state index in [1.54, 1.807) is 13.8 Å². The Labute approximate surface area is 153 Å².